The Hall–Kier alpha value is -2.48. The molecule has 0 aliphatic rings. The van der Waals surface area contributed by atoms with Crippen LogP contribution in [0.2, 0.25) is 0 Å². The Balaban J connectivity index is 3.13. The second kappa shape index (κ2) is 6.30. The van der Waals surface area contributed by atoms with Crippen molar-refractivity contribution in [3.63, 3.8) is 0 Å². The number of hydrogen-bond donors (Lipinski definition) is 1. The van der Waals surface area contributed by atoms with E-state index in [9.17, 15) is 9.59 Å². The Kier molecular flexibility index (Phi) is 4.76. The van der Waals surface area contributed by atoms with Gasteiger partial charge in [-0.2, -0.15) is 0 Å². The lowest BCUT2D eigenvalue weighted by atomic mass is 10.0. The zero-order valence-corrected chi connectivity index (χ0v) is 10.0. The van der Waals surface area contributed by atoms with E-state index in [1.165, 1.54) is 14.2 Å². The average molecular weight is 248 g/mol. The monoisotopic (exact) mass is 248 g/mol. The van der Waals surface area contributed by atoms with Crippen molar-refractivity contribution in [2.45, 2.75) is 6.42 Å². The first kappa shape index (κ1) is 13.6. The summed E-state index contributed by atoms with van der Waals surface area (Å²) < 4.78 is 9.41. The first-order valence-corrected chi connectivity index (χ1v) is 5.05. The zero-order valence-electron chi connectivity index (χ0n) is 10.0. The molecule has 0 aliphatic heterocycles. The van der Waals surface area contributed by atoms with Crippen LogP contribution in [-0.2, 0) is 20.7 Å². The predicted molar refractivity (Wildman–Crippen MR) is 63.2 cm³/mol. The van der Waals surface area contributed by atoms with Gasteiger partial charge in [0.2, 0.25) is 0 Å². The molecular formula is C13H12O5. The van der Waals surface area contributed by atoms with Crippen LogP contribution in [0.3, 0.4) is 0 Å². The number of hydrogen-bond acceptors (Lipinski definition) is 4. The number of rotatable bonds is 3. The molecule has 0 spiro atoms. The summed E-state index contributed by atoms with van der Waals surface area (Å²) in [6.45, 7) is 0. The quantitative estimate of drug-likeness (QED) is 0.634. The molecule has 1 aromatic carbocycles. The van der Waals surface area contributed by atoms with E-state index in [0.717, 1.165) is 0 Å². The van der Waals surface area contributed by atoms with E-state index in [1.54, 1.807) is 18.2 Å². The molecule has 18 heavy (non-hydrogen) atoms. The fourth-order valence-electron chi connectivity index (χ4n) is 1.29. The van der Waals surface area contributed by atoms with Crippen LogP contribution in [0.1, 0.15) is 11.1 Å². The van der Waals surface area contributed by atoms with E-state index >= 15 is 0 Å². The van der Waals surface area contributed by atoms with Gasteiger partial charge in [-0.1, -0.05) is 12.0 Å². The Labute approximate surface area is 104 Å². The van der Waals surface area contributed by atoms with Gasteiger partial charge in [0.15, 0.2) is 0 Å². The number of methoxy groups -OCH3 is 2. The van der Waals surface area contributed by atoms with Gasteiger partial charge in [0.1, 0.15) is 5.75 Å². The van der Waals surface area contributed by atoms with Gasteiger partial charge in [0.25, 0.3) is 0 Å². The molecule has 0 aromatic heterocycles. The normalized spacial score (nSPS) is 9.00. The van der Waals surface area contributed by atoms with Crippen LogP contribution in [0.15, 0.2) is 18.2 Å². The highest BCUT2D eigenvalue weighted by atomic mass is 16.5. The van der Waals surface area contributed by atoms with Gasteiger partial charge in [0.05, 0.1) is 20.6 Å². The lowest BCUT2D eigenvalue weighted by molar-refractivity contribution is -0.136. The number of carboxylic acids is 1. The van der Waals surface area contributed by atoms with Crippen LogP contribution >= 0.6 is 0 Å². The molecule has 0 unspecified atom stereocenters. The van der Waals surface area contributed by atoms with Crippen LogP contribution in [0.5, 0.6) is 5.75 Å². The smallest absolute Gasteiger partial charge is 0.384 e. The van der Waals surface area contributed by atoms with Gasteiger partial charge < -0.3 is 14.6 Å². The Morgan fingerprint density at radius 2 is 2.06 bits per heavy atom. The number of ether oxygens (including phenoxy) is 2. The summed E-state index contributed by atoms with van der Waals surface area (Å²) in [5.41, 5.74) is 0.946. The third-order valence-electron chi connectivity index (χ3n) is 2.14. The van der Waals surface area contributed by atoms with Gasteiger partial charge >= 0.3 is 11.9 Å². The van der Waals surface area contributed by atoms with Crippen molar-refractivity contribution in [3.05, 3.63) is 29.3 Å². The van der Waals surface area contributed by atoms with E-state index in [1.807, 2.05) is 0 Å². The van der Waals surface area contributed by atoms with E-state index in [-0.39, 0.29) is 6.42 Å². The minimum Gasteiger partial charge on any atom is -0.497 e. The fraction of sp³-hybridized carbons (Fsp3) is 0.231. The minimum atomic E-state index is -0.971. The Morgan fingerprint density at radius 1 is 1.33 bits per heavy atom. The van der Waals surface area contributed by atoms with E-state index in [0.29, 0.717) is 16.9 Å². The summed E-state index contributed by atoms with van der Waals surface area (Å²) in [5, 5.41) is 8.77. The van der Waals surface area contributed by atoms with Crippen molar-refractivity contribution in [1.82, 2.24) is 0 Å². The lowest BCUT2D eigenvalue weighted by Gasteiger charge is -2.04. The molecule has 0 fully saturated rings. The van der Waals surface area contributed by atoms with Crippen molar-refractivity contribution < 1.29 is 24.2 Å². The number of esters is 1. The molecule has 5 nitrogen and oxygen atoms in total. The van der Waals surface area contributed by atoms with Crippen LogP contribution in [0.25, 0.3) is 0 Å². The molecule has 0 bridgehead atoms. The highest BCUT2D eigenvalue weighted by Crippen LogP contribution is 2.17. The number of aliphatic carboxylic acids is 1. The maximum absolute atomic E-state index is 10.9. The van der Waals surface area contributed by atoms with Crippen molar-refractivity contribution in [2.24, 2.45) is 0 Å². The summed E-state index contributed by atoms with van der Waals surface area (Å²) in [5.74, 6) is 3.72. The number of benzene rings is 1. The number of carboxylic acid groups (broad SMARTS) is 1. The largest absolute Gasteiger partial charge is 0.497 e. The average Bonchev–Trinajstić information content (AvgIpc) is 2.36. The highest BCUT2D eigenvalue weighted by molar-refractivity contribution is 5.89. The van der Waals surface area contributed by atoms with E-state index in [2.05, 4.69) is 16.6 Å². The molecule has 5 heteroatoms. The Bertz CT molecular complexity index is 522. The molecule has 0 atom stereocenters. The van der Waals surface area contributed by atoms with Crippen molar-refractivity contribution in [3.8, 4) is 17.6 Å². The van der Waals surface area contributed by atoms with Gasteiger partial charge in [-0.05, 0) is 17.7 Å². The lowest BCUT2D eigenvalue weighted by Crippen LogP contribution is -2.03. The molecule has 0 heterocycles. The van der Waals surface area contributed by atoms with Crippen LogP contribution < -0.4 is 4.74 Å². The van der Waals surface area contributed by atoms with Crippen LogP contribution in [0.4, 0.5) is 0 Å². The second-order valence-electron chi connectivity index (χ2n) is 3.34. The highest BCUT2D eigenvalue weighted by Gasteiger charge is 2.07. The van der Waals surface area contributed by atoms with Crippen molar-refractivity contribution in [2.75, 3.05) is 14.2 Å². The molecule has 1 rings (SSSR count). The van der Waals surface area contributed by atoms with Crippen LogP contribution in [-0.4, -0.2) is 31.3 Å². The van der Waals surface area contributed by atoms with E-state index < -0.39 is 11.9 Å². The fourth-order valence-corrected chi connectivity index (χ4v) is 1.29. The predicted octanol–water partition coefficient (Wildman–Crippen LogP) is 0.847. The third kappa shape index (κ3) is 3.83. The van der Waals surface area contributed by atoms with Gasteiger partial charge in [-0.15, -0.1) is 0 Å². The second-order valence-corrected chi connectivity index (χ2v) is 3.34. The summed E-state index contributed by atoms with van der Waals surface area (Å²) in [6.07, 6.45) is -0.171. The minimum absolute atomic E-state index is 0.171. The van der Waals surface area contributed by atoms with Crippen molar-refractivity contribution >= 4 is 11.9 Å². The SMILES string of the molecule is COC(=O)C#Cc1cc(OC)ccc1CC(=O)O. The maximum Gasteiger partial charge on any atom is 0.384 e. The first-order chi connectivity index (χ1) is 8.56. The van der Waals surface area contributed by atoms with Crippen molar-refractivity contribution in [1.29, 1.82) is 0 Å². The first-order valence-electron chi connectivity index (χ1n) is 5.05. The number of carbonyl (C=O) groups excluding carboxylic acids is 1. The topological polar surface area (TPSA) is 72.8 Å². The van der Waals surface area contributed by atoms with Crippen LogP contribution in [0, 0.1) is 11.8 Å². The summed E-state index contributed by atoms with van der Waals surface area (Å²) in [7, 11) is 2.71. The molecule has 0 radical (unpaired) electrons. The third-order valence-corrected chi connectivity index (χ3v) is 2.14. The van der Waals surface area contributed by atoms with E-state index in [4.69, 9.17) is 9.84 Å². The summed E-state index contributed by atoms with van der Waals surface area (Å²) >= 11 is 0. The molecule has 1 N–H and O–H groups in total. The van der Waals surface area contributed by atoms with Gasteiger partial charge in [-0.3, -0.25) is 4.79 Å². The molecule has 0 saturated carbocycles. The molecule has 0 aliphatic carbocycles. The molecule has 0 amide bonds. The molecular weight excluding hydrogens is 236 g/mol. The zero-order chi connectivity index (χ0) is 13.5. The standard InChI is InChI=1S/C13H12O5/c1-17-11-5-3-10(8-12(14)15)9(7-11)4-6-13(16)18-2/h3,5,7H,8H2,1-2H3,(H,14,15). The Morgan fingerprint density at radius 3 is 2.61 bits per heavy atom. The summed E-state index contributed by atoms with van der Waals surface area (Å²) in [4.78, 5) is 21.6. The summed E-state index contributed by atoms with van der Waals surface area (Å²) in [6, 6.07) is 4.82. The van der Waals surface area contributed by atoms with Gasteiger partial charge in [-0.25, -0.2) is 4.79 Å². The molecule has 94 valence electrons. The maximum atomic E-state index is 10.9. The molecule has 0 saturated heterocycles. The molecule has 1 aromatic rings. The number of carbonyl (C=O) groups is 2. The van der Waals surface area contributed by atoms with Gasteiger partial charge in [0, 0.05) is 11.5 Å².